The molecule has 0 spiro atoms. The van der Waals surface area contributed by atoms with Gasteiger partial charge in [0.05, 0.1) is 0 Å². The average Bonchev–Trinajstić information content (AvgIpc) is 2.84. The number of carbonyl (C=O) groups is 1. The first-order valence-electron chi connectivity index (χ1n) is 11.6. The summed E-state index contributed by atoms with van der Waals surface area (Å²) >= 11 is 11.6. The van der Waals surface area contributed by atoms with Crippen LogP contribution in [0.3, 0.4) is 0 Å². The summed E-state index contributed by atoms with van der Waals surface area (Å²) in [6.45, 7) is 8.35. The van der Waals surface area contributed by atoms with E-state index in [0.29, 0.717) is 23.2 Å². The van der Waals surface area contributed by atoms with E-state index in [9.17, 15) is 4.79 Å². The number of thioether (sulfide) groups is 1. The number of nitrogens with one attached hydrogen (secondary N) is 1. The Kier molecular flexibility index (Phi) is 8.99. The Morgan fingerprint density at radius 3 is 2.64 bits per heavy atom. The molecule has 0 radical (unpaired) electrons. The van der Waals surface area contributed by atoms with Crippen molar-refractivity contribution in [1.29, 1.82) is 0 Å². The molecule has 33 heavy (non-hydrogen) atoms. The van der Waals surface area contributed by atoms with Gasteiger partial charge in [-0.1, -0.05) is 34.5 Å². The van der Waals surface area contributed by atoms with E-state index >= 15 is 0 Å². The van der Waals surface area contributed by atoms with Crippen LogP contribution in [-0.2, 0) is 11.3 Å². The van der Waals surface area contributed by atoms with Crippen LogP contribution in [0.4, 0.5) is 5.69 Å². The predicted octanol–water partition coefficient (Wildman–Crippen LogP) is 5.45. The minimum Gasteiger partial charge on any atom is -0.381 e. The summed E-state index contributed by atoms with van der Waals surface area (Å²) in [5, 5.41) is 3.76. The summed E-state index contributed by atoms with van der Waals surface area (Å²) in [5.74, 6) is 0.894. The number of rotatable bonds is 7. The van der Waals surface area contributed by atoms with E-state index in [1.807, 2.05) is 30.3 Å². The summed E-state index contributed by atoms with van der Waals surface area (Å²) in [4.78, 5) is 19.1. The maximum Gasteiger partial charge on any atom is 0.251 e. The first-order valence-corrected chi connectivity index (χ1v) is 13.8. The van der Waals surface area contributed by atoms with Crippen LogP contribution >= 0.6 is 39.3 Å². The Labute approximate surface area is 214 Å². The van der Waals surface area contributed by atoms with Gasteiger partial charge in [-0.15, -0.1) is 11.8 Å². The van der Waals surface area contributed by atoms with E-state index < -0.39 is 0 Å². The second-order valence-corrected chi connectivity index (χ2v) is 11.1. The van der Waals surface area contributed by atoms with Gasteiger partial charge in [0.1, 0.15) is 0 Å². The molecular weight excluding hydrogens is 522 g/mol. The Balaban J connectivity index is 1.39. The highest BCUT2D eigenvalue weighted by Crippen LogP contribution is 2.27. The Bertz CT molecular complexity index is 963. The van der Waals surface area contributed by atoms with Crippen molar-refractivity contribution < 1.29 is 9.53 Å². The number of halogens is 2. The van der Waals surface area contributed by atoms with Gasteiger partial charge in [0.15, 0.2) is 0 Å². The predicted molar refractivity (Wildman–Crippen MR) is 141 cm³/mol. The Hall–Kier alpha value is -1.25. The molecule has 178 valence electrons. The van der Waals surface area contributed by atoms with Crippen LogP contribution in [0.1, 0.15) is 35.7 Å². The third-order valence-electron chi connectivity index (χ3n) is 6.29. The van der Waals surface area contributed by atoms with Crippen molar-refractivity contribution in [1.82, 2.24) is 10.2 Å². The van der Waals surface area contributed by atoms with E-state index in [4.69, 9.17) is 16.3 Å². The lowest BCUT2D eigenvalue weighted by atomic mass is 10.1. The molecular formula is C25H31BrClN3O2S. The third-order valence-corrected chi connectivity index (χ3v) is 7.98. The van der Waals surface area contributed by atoms with Crippen molar-refractivity contribution in [2.75, 3.05) is 50.0 Å². The molecule has 2 aliphatic rings. The summed E-state index contributed by atoms with van der Waals surface area (Å²) in [5.41, 5.74) is 2.80. The number of anilines is 1. The van der Waals surface area contributed by atoms with Gasteiger partial charge in [0.2, 0.25) is 0 Å². The minimum absolute atomic E-state index is 0.0779. The molecule has 2 aliphatic heterocycles. The van der Waals surface area contributed by atoms with Crippen LogP contribution in [0.15, 0.2) is 45.8 Å². The van der Waals surface area contributed by atoms with Gasteiger partial charge in [-0.25, -0.2) is 0 Å². The zero-order chi connectivity index (χ0) is 23.2. The van der Waals surface area contributed by atoms with E-state index in [1.165, 1.54) is 0 Å². The van der Waals surface area contributed by atoms with Crippen LogP contribution in [0, 0.1) is 0 Å². The van der Waals surface area contributed by atoms with Gasteiger partial charge in [0, 0.05) is 77.6 Å². The topological polar surface area (TPSA) is 44.8 Å². The number of hydrogen-bond acceptors (Lipinski definition) is 5. The maximum absolute atomic E-state index is 13.0. The van der Waals surface area contributed by atoms with Crippen LogP contribution < -0.4 is 10.2 Å². The van der Waals surface area contributed by atoms with Crippen molar-refractivity contribution in [3.63, 3.8) is 0 Å². The minimum atomic E-state index is -0.0779. The largest absolute Gasteiger partial charge is 0.381 e. The lowest BCUT2D eigenvalue weighted by molar-refractivity contribution is 0.0321. The number of nitrogens with zero attached hydrogens (tertiary/aromatic N) is 2. The molecule has 1 N–H and O–H groups in total. The summed E-state index contributed by atoms with van der Waals surface area (Å²) < 4.78 is 6.43. The number of carbonyl (C=O) groups excluding carboxylic acids is 1. The Morgan fingerprint density at radius 2 is 1.91 bits per heavy atom. The van der Waals surface area contributed by atoms with Gasteiger partial charge < -0.3 is 15.0 Å². The number of amides is 1. The SMILES string of the molecule is CCSc1ccc(Cl)cc1CNC(=O)c1cc(Br)cc(N2CCN(C3CCOCC3)CC2)c1. The summed E-state index contributed by atoms with van der Waals surface area (Å²) in [7, 11) is 0. The number of ether oxygens (including phenoxy) is 1. The molecule has 0 atom stereocenters. The second-order valence-electron chi connectivity index (χ2n) is 8.43. The highest BCUT2D eigenvalue weighted by atomic mass is 79.9. The zero-order valence-corrected chi connectivity index (χ0v) is 22.1. The molecule has 8 heteroatoms. The van der Waals surface area contributed by atoms with Crippen molar-refractivity contribution in [2.24, 2.45) is 0 Å². The van der Waals surface area contributed by atoms with Crippen LogP contribution in [-0.4, -0.2) is 62.0 Å². The van der Waals surface area contributed by atoms with Crippen molar-refractivity contribution in [2.45, 2.75) is 37.2 Å². The van der Waals surface area contributed by atoms with Crippen LogP contribution in [0.2, 0.25) is 5.02 Å². The molecule has 4 rings (SSSR count). The molecule has 5 nitrogen and oxygen atoms in total. The molecule has 0 aliphatic carbocycles. The third kappa shape index (κ3) is 6.67. The fourth-order valence-corrected chi connectivity index (χ4v) is 6.01. The number of piperazine rings is 1. The average molecular weight is 553 g/mol. The highest BCUT2D eigenvalue weighted by Gasteiger charge is 2.26. The van der Waals surface area contributed by atoms with Gasteiger partial charge in [-0.05, 0) is 60.6 Å². The monoisotopic (exact) mass is 551 g/mol. The van der Waals surface area contributed by atoms with E-state index in [0.717, 1.165) is 78.6 Å². The van der Waals surface area contributed by atoms with Crippen molar-refractivity contribution >= 4 is 50.9 Å². The molecule has 2 fully saturated rings. The van der Waals surface area contributed by atoms with Crippen molar-refractivity contribution in [3.8, 4) is 0 Å². The standard InChI is InChI=1S/C25H31BrClN3O2S/c1-2-33-24-4-3-21(27)14-19(24)17-28-25(31)18-13-20(26)16-23(15-18)30-9-7-29(8-10-30)22-5-11-32-12-6-22/h3-4,13-16,22H,2,5-12,17H2,1H3,(H,28,31). The smallest absolute Gasteiger partial charge is 0.251 e. The highest BCUT2D eigenvalue weighted by molar-refractivity contribution is 9.10. The second kappa shape index (κ2) is 11.9. The molecule has 0 aromatic heterocycles. The first kappa shape index (κ1) is 24.9. The number of hydrogen-bond donors (Lipinski definition) is 1. The van der Waals surface area contributed by atoms with Gasteiger partial charge in [-0.2, -0.15) is 0 Å². The molecule has 2 heterocycles. The summed E-state index contributed by atoms with van der Waals surface area (Å²) in [6, 6.07) is 12.5. The van der Waals surface area contributed by atoms with E-state index in [-0.39, 0.29) is 5.91 Å². The molecule has 2 aromatic rings. The fraction of sp³-hybridized carbons (Fsp3) is 0.480. The van der Waals surface area contributed by atoms with Gasteiger partial charge in [-0.3, -0.25) is 9.69 Å². The quantitative estimate of drug-likeness (QED) is 0.463. The molecule has 2 saturated heterocycles. The summed E-state index contributed by atoms with van der Waals surface area (Å²) in [6.07, 6.45) is 2.26. The van der Waals surface area contributed by atoms with Gasteiger partial charge in [0.25, 0.3) is 5.91 Å². The Morgan fingerprint density at radius 1 is 1.15 bits per heavy atom. The lowest BCUT2D eigenvalue weighted by Crippen LogP contribution is -2.51. The maximum atomic E-state index is 13.0. The zero-order valence-electron chi connectivity index (χ0n) is 19.0. The van der Waals surface area contributed by atoms with E-state index in [2.05, 4.69) is 44.0 Å². The van der Waals surface area contributed by atoms with Crippen molar-refractivity contribution in [3.05, 3.63) is 57.0 Å². The van der Waals surface area contributed by atoms with E-state index in [1.54, 1.807) is 11.8 Å². The van der Waals surface area contributed by atoms with Crippen LogP contribution in [0.5, 0.6) is 0 Å². The molecule has 0 bridgehead atoms. The fourth-order valence-electron chi connectivity index (χ4n) is 4.54. The molecule has 0 unspecified atom stereocenters. The molecule has 2 aromatic carbocycles. The normalized spacial score (nSPS) is 17.8. The van der Waals surface area contributed by atoms with Gasteiger partial charge >= 0.3 is 0 Å². The lowest BCUT2D eigenvalue weighted by Gasteiger charge is -2.41. The number of benzene rings is 2. The first-order chi connectivity index (χ1) is 16.0. The molecule has 0 saturated carbocycles. The molecule has 1 amide bonds. The van der Waals surface area contributed by atoms with Crippen LogP contribution in [0.25, 0.3) is 0 Å².